The van der Waals surface area contributed by atoms with Crippen LogP contribution in [0.25, 0.3) is 5.65 Å². The molecule has 0 spiro atoms. The predicted octanol–water partition coefficient (Wildman–Crippen LogP) is 5.14. The van der Waals surface area contributed by atoms with Crippen molar-refractivity contribution in [3.8, 4) is 11.5 Å². The molecule has 1 N–H and O–H groups in total. The molecule has 2 aromatic heterocycles. The zero-order valence-corrected chi connectivity index (χ0v) is 17.3. The second-order valence-electron chi connectivity index (χ2n) is 6.77. The molecule has 0 fully saturated rings. The van der Waals surface area contributed by atoms with E-state index in [9.17, 15) is 4.79 Å². The number of imidazole rings is 1. The van der Waals surface area contributed by atoms with Gasteiger partial charge in [-0.25, -0.2) is 4.98 Å². The number of fused-ring (bicyclic) bond motifs is 1. The maximum Gasteiger partial charge on any atom is 0.255 e. The lowest BCUT2D eigenvalue weighted by atomic mass is 10.2. The van der Waals surface area contributed by atoms with E-state index in [0.717, 1.165) is 16.9 Å². The molecule has 0 aliphatic heterocycles. The van der Waals surface area contributed by atoms with Crippen LogP contribution in [-0.2, 0) is 6.61 Å². The predicted molar refractivity (Wildman–Crippen MR) is 117 cm³/mol. The van der Waals surface area contributed by atoms with Gasteiger partial charge in [-0.3, -0.25) is 4.79 Å². The first-order chi connectivity index (χ1) is 14.5. The lowest BCUT2D eigenvalue weighted by Gasteiger charge is -2.09. The molecular weight excluding hydrogens is 402 g/mol. The van der Waals surface area contributed by atoms with Gasteiger partial charge in [-0.2, -0.15) is 0 Å². The fourth-order valence-corrected chi connectivity index (χ4v) is 3.34. The van der Waals surface area contributed by atoms with Crippen molar-refractivity contribution in [2.75, 3.05) is 12.4 Å². The number of halogens is 1. The van der Waals surface area contributed by atoms with Gasteiger partial charge in [-0.05, 0) is 61.0 Å². The van der Waals surface area contributed by atoms with Gasteiger partial charge in [0, 0.05) is 23.6 Å². The maximum atomic E-state index is 12.5. The fourth-order valence-electron chi connectivity index (χ4n) is 3.08. The largest absolute Gasteiger partial charge is 0.495 e. The number of hydrogen-bond acceptors (Lipinski definition) is 4. The molecule has 30 heavy (non-hydrogen) atoms. The van der Waals surface area contributed by atoms with Crippen LogP contribution in [0.2, 0.25) is 5.02 Å². The van der Waals surface area contributed by atoms with Crippen LogP contribution in [0.1, 0.15) is 21.6 Å². The Morgan fingerprint density at radius 1 is 1.17 bits per heavy atom. The van der Waals surface area contributed by atoms with E-state index in [4.69, 9.17) is 21.1 Å². The molecule has 152 valence electrons. The standard InChI is InChI=1S/C23H20ClN3O3/c1-15-4-3-11-27-13-18(25-22(15)27)14-30-19-8-5-16(6-9-19)23(28)26-17-7-10-21(29-2)20(24)12-17/h3-13H,14H2,1-2H3,(H,26,28). The third-order valence-corrected chi connectivity index (χ3v) is 4.94. The van der Waals surface area contributed by atoms with Gasteiger partial charge < -0.3 is 19.2 Å². The van der Waals surface area contributed by atoms with Crippen LogP contribution in [-0.4, -0.2) is 22.4 Å². The van der Waals surface area contributed by atoms with Crippen LogP contribution >= 0.6 is 11.6 Å². The third kappa shape index (κ3) is 4.23. The summed E-state index contributed by atoms with van der Waals surface area (Å²) in [6.07, 6.45) is 3.91. The van der Waals surface area contributed by atoms with Crippen molar-refractivity contribution in [1.29, 1.82) is 0 Å². The van der Waals surface area contributed by atoms with E-state index < -0.39 is 0 Å². The molecule has 0 bridgehead atoms. The Morgan fingerprint density at radius 3 is 2.67 bits per heavy atom. The number of nitrogens with zero attached hydrogens (tertiary/aromatic N) is 2. The summed E-state index contributed by atoms with van der Waals surface area (Å²) in [5.74, 6) is 0.975. The van der Waals surface area contributed by atoms with Gasteiger partial charge in [-0.15, -0.1) is 0 Å². The Morgan fingerprint density at radius 2 is 1.97 bits per heavy atom. The van der Waals surface area contributed by atoms with Gasteiger partial charge in [0.15, 0.2) is 0 Å². The molecule has 2 aromatic carbocycles. The number of aryl methyl sites for hydroxylation is 1. The highest BCUT2D eigenvalue weighted by atomic mass is 35.5. The molecule has 0 saturated carbocycles. The molecule has 4 aromatic rings. The van der Waals surface area contributed by atoms with E-state index in [1.54, 1.807) is 49.6 Å². The Labute approximate surface area is 179 Å². The Kier molecular flexibility index (Phi) is 5.59. The number of methoxy groups -OCH3 is 1. The first-order valence-electron chi connectivity index (χ1n) is 9.34. The summed E-state index contributed by atoms with van der Waals surface area (Å²) in [6.45, 7) is 2.37. The SMILES string of the molecule is COc1ccc(NC(=O)c2ccc(OCc3cn4cccc(C)c4n3)cc2)cc1Cl. The van der Waals surface area contributed by atoms with Crippen LogP contribution in [0.3, 0.4) is 0 Å². The smallest absolute Gasteiger partial charge is 0.255 e. The molecule has 2 heterocycles. The monoisotopic (exact) mass is 421 g/mol. The van der Waals surface area contributed by atoms with Crippen LogP contribution in [0.4, 0.5) is 5.69 Å². The van der Waals surface area contributed by atoms with Crippen LogP contribution < -0.4 is 14.8 Å². The first-order valence-corrected chi connectivity index (χ1v) is 9.72. The van der Waals surface area contributed by atoms with E-state index in [2.05, 4.69) is 10.3 Å². The number of carbonyl (C=O) groups is 1. The Balaban J connectivity index is 1.38. The number of benzene rings is 2. The number of anilines is 1. The molecule has 6 nitrogen and oxygen atoms in total. The van der Waals surface area contributed by atoms with Crippen molar-refractivity contribution in [2.45, 2.75) is 13.5 Å². The van der Waals surface area contributed by atoms with Crippen LogP contribution in [0, 0.1) is 6.92 Å². The molecule has 1 amide bonds. The van der Waals surface area contributed by atoms with Crippen molar-refractivity contribution >= 4 is 28.8 Å². The van der Waals surface area contributed by atoms with Crippen molar-refractivity contribution in [3.63, 3.8) is 0 Å². The number of ether oxygens (including phenoxy) is 2. The molecule has 7 heteroatoms. The normalized spacial score (nSPS) is 10.8. The van der Waals surface area contributed by atoms with E-state index >= 15 is 0 Å². The number of nitrogens with one attached hydrogen (secondary N) is 1. The molecule has 4 rings (SSSR count). The highest BCUT2D eigenvalue weighted by molar-refractivity contribution is 6.32. The second-order valence-corrected chi connectivity index (χ2v) is 7.18. The molecule has 0 saturated heterocycles. The number of hydrogen-bond donors (Lipinski definition) is 1. The zero-order chi connectivity index (χ0) is 21.1. The van der Waals surface area contributed by atoms with E-state index in [-0.39, 0.29) is 5.91 Å². The number of rotatable bonds is 6. The van der Waals surface area contributed by atoms with Gasteiger partial charge in [0.2, 0.25) is 0 Å². The average Bonchev–Trinajstić information content (AvgIpc) is 3.17. The van der Waals surface area contributed by atoms with Crippen molar-refractivity contribution in [3.05, 3.63) is 88.8 Å². The number of carbonyl (C=O) groups excluding carboxylic acids is 1. The summed E-state index contributed by atoms with van der Waals surface area (Å²) in [4.78, 5) is 17.1. The minimum atomic E-state index is -0.237. The summed E-state index contributed by atoms with van der Waals surface area (Å²) in [5, 5.41) is 3.25. The van der Waals surface area contributed by atoms with Crippen LogP contribution in [0.15, 0.2) is 67.0 Å². The zero-order valence-electron chi connectivity index (χ0n) is 16.6. The number of amides is 1. The second kappa shape index (κ2) is 8.47. The van der Waals surface area contributed by atoms with Crippen molar-refractivity contribution in [2.24, 2.45) is 0 Å². The quantitative estimate of drug-likeness (QED) is 0.468. The lowest BCUT2D eigenvalue weighted by Crippen LogP contribution is -2.11. The van der Waals surface area contributed by atoms with Gasteiger partial charge in [0.1, 0.15) is 23.8 Å². The van der Waals surface area contributed by atoms with Gasteiger partial charge >= 0.3 is 0 Å². The average molecular weight is 422 g/mol. The minimum absolute atomic E-state index is 0.237. The molecule has 0 unspecified atom stereocenters. The molecule has 0 aliphatic carbocycles. The van der Waals surface area contributed by atoms with Gasteiger partial charge in [0.25, 0.3) is 5.91 Å². The van der Waals surface area contributed by atoms with Crippen LogP contribution in [0.5, 0.6) is 11.5 Å². The lowest BCUT2D eigenvalue weighted by molar-refractivity contribution is 0.102. The molecule has 0 aliphatic rings. The molecule has 0 atom stereocenters. The van der Waals surface area contributed by atoms with E-state index in [1.807, 2.05) is 35.9 Å². The first kappa shape index (κ1) is 19.8. The highest BCUT2D eigenvalue weighted by Gasteiger charge is 2.09. The summed E-state index contributed by atoms with van der Waals surface area (Å²) >= 11 is 6.10. The molecular formula is C23H20ClN3O3. The van der Waals surface area contributed by atoms with Gasteiger partial charge in [0.05, 0.1) is 17.8 Å². The van der Waals surface area contributed by atoms with E-state index in [0.29, 0.717) is 34.4 Å². The van der Waals surface area contributed by atoms with Crippen molar-refractivity contribution < 1.29 is 14.3 Å². The maximum absolute atomic E-state index is 12.5. The number of aromatic nitrogens is 2. The molecule has 0 radical (unpaired) electrons. The van der Waals surface area contributed by atoms with Gasteiger partial charge in [-0.1, -0.05) is 17.7 Å². The Bertz CT molecular complexity index is 1200. The summed E-state index contributed by atoms with van der Waals surface area (Å²) in [7, 11) is 1.54. The van der Waals surface area contributed by atoms with E-state index in [1.165, 1.54) is 0 Å². The topological polar surface area (TPSA) is 64.9 Å². The third-order valence-electron chi connectivity index (χ3n) is 4.64. The fraction of sp³-hybridized carbons (Fsp3) is 0.130. The summed E-state index contributed by atoms with van der Waals surface area (Å²) in [6, 6.07) is 16.0. The highest BCUT2D eigenvalue weighted by Crippen LogP contribution is 2.27. The summed E-state index contributed by atoms with van der Waals surface area (Å²) in [5.41, 5.74) is 3.97. The minimum Gasteiger partial charge on any atom is -0.495 e. The number of pyridine rings is 1. The Hall–Kier alpha value is -3.51. The summed E-state index contributed by atoms with van der Waals surface area (Å²) < 4.78 is 12.9. The van der Waals surface area contributed by atoms with Crippen molar-refractivity contribution in [1.82, 2.24) is 9.38 Å².